The molecule has 0 amide bonds. The fourth-order valence-corrected chi connectivity index (χ4v) is 0.624. The molecule has 4 heteroatoms. The number of nitrogens with one attached hydrogen (secondary N) is 2. The third-order valence-corrected chi connectivity index (χ3v) is 1.07. The van der Waals surface area contributed by atoms with Crippen LogP contribution in [0, 0.1) is 0 Å². The van der Waals surface area contributed by atoms with Crippen molar-refractivity contribution in [3.63, 3.8) is 0 Å². The van der Waals surface area contributed by atoms with Gasteiger partial charge >= 0.3 is 0 Å². The van der Waals surface area contributed by atoms with Gasteiger partial charge in [-0.3, -0.25) is 0 Å². The van der Waals surface area contributed by atoms with Crippen LogP contribution in [0.15, 0.2) is 12.4 Å². The Morgan fingerprint density at radius 2 is 1.62 bits per heavy atom. The van der Waals surface area contributed by atoms with E-state index in [1.807, 2.05) is 0 Å². The van der Waals surface area contributed by atoms with E-state index < -0.39 is 0 Å². The van der Waals surface area contributed by atoms with E-state index in [1.165, 1.54) is 0 Å². The Bertz CT molecular complexity index is 98.6. The SMILES string of the molecule is C=C1NC(N)C(N)N1. The van der Waals surface area contributed by atoms with E-state index in [9.17, 15) is 0 Å². The maximum atomic E-state index is 5.41. The number of hydrogen-bond donors (Lipinski definition) is 4. The van der Waals surface area contributed by atoms with Gasteiger partial charge in [0.1, 0.15) is 12.3 Å². The van der Waals surface area contributed by atoms with Gasteiger partial charge in [-0.05, 0) is 0 Å². The quantitative estimate of drug-likeness (QED) is 0.300. The topological polar surface area (TPSA) is 76.1 Å². The first-order valence-electron chi connectivity index (χ1n) is 2.43. The van der Waals surface area contributed by atoms with E-state index >= 15 is 0 Å². The number of rotatable bonds is 0. The molecule has 0 bridgehead atoms. The second-order valence-corrected chi connectivity index (χ2v) is 1.82. The smallest absolute Gasteiger partial charge is 0.110 e. The largest absolute Gasteiger partial charge is 0.354 e. The van der Waals surface area contributed by atoms with Gasteiger partial charge in [0.2, 0.25) is 0 Å². The maximum absolute atomic E-state index is 5.41. The first-order chi connectivity index (χ1) is 3.70. The summed E-state index contributed by atoms with van der Waals surface area (Å²) >= 11 is 0. The minimum absolute atomic E-state index is 0.192. The van der Waals surface area contributed by atoms with Crippen molar-refractivity contribution in [3.05, 3.63) is 12.4 Å². The predicted octanol–water partition coefficient (Wildman–Crippen LogP) is -1.78. The molecular formula is C4H10N4. The molecule has 2 unspecified atom stereocenters. The van der Waals surface area contributed by atoms with Gasteiger partial charge in [-0.15, -0.1) is 0 Å². The van der Waals surface area contributed by atoms with E-state index in [0.717, 1.165) is 0 Å². The van der Waals surface area contributed by atoms with Gasteiger partial charge in [0.25, 0.3) is 0 Å². The Kier molecular flexibility index (Phi) is 1.11. The molecule has 1 fully saturated rings. The molecule has 0 aliphatic carbocycles. The van der Waals surface area contributed by atoms with Crippen molar-refractivity contribution in [3.8, 4) is 0 Å². The van der Waals surface area contributed by atoms with Crippen LogP contribution in [0.4, 0.5) is 0 Å². The normalized spacial score (nSPS) is 36.5. The molecule has 0 saturated carbocycles. The molecular weight excluding hydrogens is 104 g/mol. The fourth-order valence-electron chi connectivity index (χ4n) is 0.624. The molecule has 46 valence electrons. The van der Waals surface area contributed by atoms with Gasteiger partial charge in [-0.2, -0.15) is 0 Å². The molecule has 1 aliphatic heterocycles. The fraction of sp³-hybridized carbons (Fsp3) is 0.500. The summed E-state index contributed by atoms with van der Waals surface area (Å²) in [6.07, 6.45) is -0.384. The maximum Gasteiger partial charge on any atom is 0.110 e. The average Bonchev–Trinajstić information content (AvgIpc) is 1.85. The Morgan fingerprint density at radius 1 is 1.25 bits per heavy atom. The molecule has 0 aromatic carbocycles. The van der Waals surface area contributed by atoms with E-state index in [-0.39, 0.29) is 12.3 Å². The number of hydrogen-bond acceptors (Lipinski definition) is 4. The van der Waals surface area contributed by atoms with Gasteiger partial charge in [0.15, 0.2) is 0 Å². The minimum Gasteiger partial charge on any atom is -0.354 e. The lowest BCUT2D eigenvalue weighted by atomic mass is 10.4. The third-order valence-electron chi connectivity index (χ3n) is 1.07. The zero-order valence-electron chi connectivity index (χ0n) is 4.52. The summed E-state index contributed by atoms with van der Waals surface area (Å²) in [7, 11) is 0. The second kappa shape index (κ2) is 1.65. The summed E-state index contributed by atoms with van der Waals surface area (Å²) in [4.78, 5) is 0. The molecule has 2 atom stereocenters. The molecule has 0 spiro atoms. The first kappa shape index (κ1) is 5.40. The standard InChI is InChI=1S/C4H10N4/c1-2-7-3(5)4(6)8-2/h3-4,7-8H,1,5-6H2. The predicted molar refractivity (Wildman–Crippen MR) is 31.4 cm³/mol. The lowest BCUT2D eigenvalue weighted by molar-refractivity contribution is 0.540. The molecule has 1 heterocycles. The Labute approximate surface area is 47.9 Å². The van der Waals surface area contributed by atoms with Crippen molar-refractivity contribution in [2.24, 2.45) is 11.5 Å². The van der Waals surface area contributed by atoms with Crippen LogP contribution in [0.25, 0.3) is 0 Å². The van der Waals surface area contributed by atoms with E-state index in [2.05, 4.69) is 17.2 Å². The third kappa shape index (κ3) is 0.753. The molecule has 8 heavy (non-hydrogen) atoms. The van der Waals surface area contributed by atoms with Crippen LogP contribution in [-0.4, -0.2) is 12.3 Å². The van der Waals surface area contributed by atoms with Crippen LogP contribution in [0.5, 0.6) is 0 Å². The Balaban J connectivity index is 2.51. The highest BCUT2D eigenvalue weighted by Gasteiger charge is 2.19. The summed E-state index contributed by atoms with van der Waals surface area (Å²) in [5.41, 5.74) is 10.8. The first-order valence-corrected chi connectivity index (χ1v) is 2.43. The van der Waals surface area contributed by atoms with Crippen molar-refractivity contribution in [1.82, 2.24) is 10.6 Å². The monoisotopic (exact) mass is 114 g/mol. The molecule has 1 rings (SSSR count). The minimum atomic E-state index is -0.192. The number of nitrogens with two attached hydrogens (primary N) is 2. The van der Waals surface area contributed by atoms with Gasteiger partial charge in [0.05, 0.1) is 5.82 Å². The molecule has 0 aromatic rings. The van der Waals surface area contributed by atoms with Crippen LogP contribution >= 0.6 is 0 Å². The summed E-state index contributed by atoms with van der Waals surface area (Å²) in [5.74, 6) is 0.699. The van der Waals surface area contributed by atoms with E-state index in [0.29, 0.717) is 5.82 Å². The van der Waals surface area contributed by atoms with Crippen LogP contribution in [-0.2, 0) is 0 Å². The zero-order valence-corrected chi connectivity index (χ0v) is 4.52. The molecule has 6 N–H and O–H groups in total. The lowest BCUT2D eigenvalue weighted by Crippen LogP contribution is -2.46. The highest BCUT2D eigenvalue weighted by Crippen LogP contribution is 1.92. The van der Waals surface area contributed by atoms with Crippen LogP contribution < -0.4 is 22.1 Å². The lowest BCUT2D eigenvalue weighted by Gasteiger charge is -2.05. The Morgan fingerprint density at radius 3 is 1.75 bits per heavy atom. The molecule has 1 aliphatic rings. The molecule has 0 radical (unpaired) electrons. The summed E-state index contributed by atoms with van der Waals surface area (Å²) in [5, 5.41) is 5.63. The molecule has 0 aromatic heterocycles. The second-order valence-electron chi connectivity index (χ2n) is 1.82. The van der Waals surface area contributed by atoms with Gasteiger partial charge in [0, 0.05) is 0 Å². The highest BCUT2D eigenvalue weighted by atomic mass is 15.3. The van der Waals surface area contributed by atoms with Gasteiger partial charge < -0.3 is 22.1 Å². The van der Waals surface area contributed by atoms with E-state index in [1.54, 1.807) is 0 Å². The van der Waals surface area contributed by atoms with Gasteiger partial charge in [-0.1, -0.05) is 6.58 Å². The summed E-state index contributed by atoms with van der Waals surface area (Å²) in [6, 6.07) is 0. The Hall–Kier alpha value is -0.740. The van der Waals surface area contributed by atoms with Crippen molar-refractivity contribution >= 4 is 0 Å². The van der Waals surface area contributed by atoms with Crippen molar-refractivity contribution in [1.29, 1.82) is 0 Å². The zero-order chi connectivity index (χ0) is 6.15. The average molecular weight is 114 g/mol. The van der Waals surface area contributed by atoms with Crippen LogP contribution in [0.1, 0.15) is 0 Å². The van der Waals surface area contributed by atoms with Crippen LogP contribution in [0.2, 0.25) is 0 Å². The summed E-state index contributed by atoms with van der Waals surface area (Å²) in [6.45, 7) is 3.57. The molecule has 4 nitrogen and oxygen atoms in total. The van der Waals surface area contributed by atoms with Crippen LogP contribution in [0.3, 0.4) is 0 Å². The van der Waals surface area contributed by atoms with E-state index in [4.69, 9.17) is 11.5 Å². The van der Waals surface area contributed by atoms with Crippen molar-refractivity contribution in [2.45, 2.75) is 12.3 Å². The van der Waals surface area contributed by atoms with Gasteiger partial charge in [-0.25, -0.2) is 0 Å². The molecule has 1 saturated heterocycles. The van der Waals surface area contributed by atoms with Crippen molar-refractivity contribution < 1.29 is 0 Å². The summed E-state index contributed by atoms with van der Waals surface area (Å²) < 4.78 is 0. The highest BCUT2D eigenvalue weighted by molar-refractivity contribution is 5.01. The van der Waals surface area contributed by atoms with Crippen molar-refractivity contribution in [2.75, 3.05) is 0 Å².